The molecule has 0 aliphatic carbocycles. The number of carbonyl (C=O) groups is 1. The van der Waals surface area contributed by atoms with Crippen molar-refractivity contribution in [2.75, 3.05) is 6.61 Å². The normalized spacial score (nSPS) is 22.8. The van der Waals surface area contributed by atoms with Gasteiger partial charge >= 0.3 is 0 Å². The van der Waals surface area contributed by atoms with Gasteiger partial charge in [0.15, 0.2) is 0 Å². The summed E-state index contributed by atoms with van der Waals surface area (Å²) < 4.78 is 28.0. The summed E-state index contributed by atoms with van der Waals surface area (Å²) in [6, 6.07) is 4.32. The van der Waals surface area contributed by atoms with Crippen LogP contribution in [0.5, 0.6) is 0 Å². The average molecular weight is 332 g/mol. The fraction of sp³-hybridized carbons (Fsp3) is 0.500. The smallest absolute Gasteiger partial charge is 0.261 e. The van der Waals surface area contributed by atoms with Crippen molar-refractivity contribution in [2.24, 2.45) is 0 Å². The van der Waals surface area contributed by atoms with E-state index in [1.54, 1.807) is 6.92 Å². The minimum absolute atomic E-state index is 0.00194. The number of ether oxygens (including phenoxy) is 1. The third-order valence-corrected chi connectivity index (χ3v) is 4.90. The molecule has 0 saturated carbocycles. The van der Waals surface area contributed by atoms with Gasteiger partial charge < -0.3 is 10.1 Å². The highest BCUT2D eigenvalue weighted by Gasteiger charge is 2.22. The second kappa shape index (κ2) is 6.34. The molecule has 21 heavy (non-hydrogen) atoms. The molecule has 1 aromatic rings. The maximum absolute atomic E-state index is 12.3. The maximum Gasteiger partial charge on any atom is 0.261 e. The number of benzene rings is 1. The molecule has 1 amide bonds. The van der Waals surface area contributed by atoms with Crippen LogP contribution in [-0.2, 0) is 13.8 Å². The summed E-state index contributed by atoms with van der Waals surface area (Å²) in [5, 5.41) is 2.96. The largest absolute Gasteiger partial charge is 0.378 e. The molecule has 5 nitrogen and oxygen atoms in total. The van der Waals surface area contributed by atoms with Gasteiger partial charge in [0.05, 0.1) is 11.0 Å². The molecule has 1 N–H and O–H groups in total. The molecule has 0 aromatic heterocycles. The van der Waals surface area contributed by atoms with E-state index in [1.165, 1.54) is 18.2 Å². The molecule has 7 heteroatoms. The number of amides is 1. The molecule has 0 radical (unpaired) electrons. The van der Waals surface area contributed by atoms with E-state index in [0.29, 0.717) is 17.7 Å². The van der Waals surface area contributed by atoms with Gasteiger partial charge in [-0.05, 0) is 50.5 Å². The van der Waals surface area contributed by atoms with Crippen LogP contribution < -0.4 is 5.32 Å². The van der Waals surface area contributed by atoms with Crippen LogP contribution in [0.1, 0.15) is 35.7 Å². The van der Waals surface area contributed by atoms with Gasteiger partial charge in [-0.25, -0.2) is 8.42 Å². The van der Waals surface area contributed by atoms with Gasteiger partial charge in [0.2, 0.25) is 0 Å². The summed E-state index contributed by atoms with van der Waals surface area (Å²) in [6.07, 6.45) is 1.69. The zero-order chi connectivity index (χ0) is 15.6. The molecule has 0 bridgehead atoms. The lowest BCUT2D eigenvalue weighted by molar-refractivity contribution is 0.0136. The van der Waals surface area contributed by atoms with Crippen LogP contribution in [0.15, 0.2) is 23.1 Å². The number of hydrogen-bond donors (Lipinski definition) is 1. The van der Waals surface area contributed by atoms with Crippen LogP contribution in [0.3, 0.4) is 0 Å². The van der Waals surface area contributed by atoms with Crippen molar-refractivity contribution in [1.29, 1.82) is 0 Å². The number of nitrogens with one attached hydrogen (secondary N) is 1. The summed E-state index contributed by atoms with van der Waals surface area (Å²) in [7, 11) is 1.51. The first-order chi connectivity index (χ1) is 9.77. The number of hydrogen-bond acceptors (Lipinski definition) is 4. The number of halogens is 1. The Balaban J connectivity index is 2.12. The first-order valence-electron chi connectivity index (χ1n) is 6.75. The molecule has 2 atom stereocenters. The van der Waals surface area contributed by atoms with Crippen LogP contribution >= 0.6 is 10.7 Å². The standard InChI is InChI=1S/C14H18ClNO4S/c1-9-7-12(21(15,18)19)3-4-13(9)14(17)16-11-5-6-20-10(2)8-11/h3-4,7,10-11H,5-6,8H2,1-2H3,(H,16,17). The molecule has 1 aliphatic heterocycles. The van der Waals surface area contributed by atoms with Gasteiger partial charge in [-0.2, -0.15) is 0 Å². The Kier molecular flexibility index (Phi) is 4.91. The second-order valence-corrected chi connectivity index (χ2v) is 7.86. The zero-order valence-corrected chi connectivity index (χ0v) is 13.5. The lowest BCUT2D eigenvalue weighted by Gasteiger charge is -2.28. The summed E-state index contributed by atoms with van der Waals surface area (Å²) in [5.74, 6) is -0.204. The Hall–Kier alpha value is -1.11. The third kappa shape index (κ3) is 4.18. The molecule has 2 rings (SSSR count). The Labute approximate surface area is 129 Å². The summed E-state index contributed by atoms with van der Waals surface area (Å²) in [4.78, 5) is 12.3. The molecular weight excluding hydrogens is 314 g/mol. The van der Waals surface area contributed by atoms with Crippen LogP contribution in [0.4, 0.5) is 0 Å². The van der Waals surface area contributed by atoms with Gasteiger partial charge in [-0.15, -0.1) is 0 Å². The van der Waals surface area contributed by atoms with Crippen LogP contribution in [0.2, 0.25) is 0 Å². The molecule has 1 heterocycles. The predicted octanol–water partition coefficient (Wildman–Crippen LogP) is 2.22. The predicted molar refractivity (Wildman–Crippen MR) is 80.1 cm³/mol. The highest BCUT2D eigenvalue weighted by atomic mass is 35.7. The molecule has 1 aliphatic rings. The number of aryl methyl sites for hydroxylation is 1. The van der Waals surface area contributed by atoms with Crippen molar-refractivity contribution in [1.82, 2.24) is 5.32 Å². The van der Waals surface area contributed by atoms with E-state index < -0.39 is 9.05 Å². The number of rotatable bonds is 3. The summed E-state index contributed by atoms with van der Waals surface area (Å²) >= 11 is 0. The molecule has 0 spiro atoms. The van der Waals surface area contributed by atoms with Gasteiger partial charge in [-0.1, -0.05) is 0 Å². The van der Waals surface area contributed by atoms with E-state index in [1.807, 2.05) is 6.92 Å². The fourth-order valence-corrected chi connectivity index (χ4v) is 3.27. The van der Waals surface area contributed by atoms with Gasteiger partial charge in [-0.3, -0.25) is 4.79 Å². The third-order valence-electron chi connectivity index (χ3n) is 3.54. The molecule has 2 unspecified atom stereocenters. The van der Waals surface area contributed by atoms with Crippen LogP contribution in [-0.4, -0.2) is 33.1 Å². The Bertz CT molecular complexity index is 644. The minimum Gasteiger partial charge on any atom is -0.378 e. The highest BCUT2D eigenvalue weighted by molar-refractivity contribution is 8.13. The number of carbonyl (C=O) groups excluding carboxylic acids is 1. The minimum atomic E-state index is -3.78. The van der Waals surface area contributed by atoms with Crippen molar-refractivity contribution in [3.8, 4) is 0 Å². The SMILES string of the molecule is Cc1cc(S(=O)(=O)Cl)ccc1C(=O)NC1CCOC(C)C1. The topological polar surface area (TPSA) is 72.5 Å². The lowest BCUT2D eigenvalue weighted by atomic mass is 10.0. The van der Waals surface area contributed by atoms with Crippen LogP contribution in [0.25, 0.3) is 0 Å². The van der Waals surface area contributed by atoms with E-state index in [-0.39, 0.29) is 22.9 Å². The first-order valence-corrected chi connectivity index (χ1v) is 9.06. The molecule has 1 fully saturated rings. The van der Waals surface area contributed by atoms with E-state index in [0.717, 1.165) is 12.8 Å². The zero-order valence-electron chi connectivity index (χ0n) is 11.9. The lowest BCUT2D eigenvalue weighted by Crippen LogP contribution is -2.41. The second-order valence-electron chi connectivity index (χ2n) is 5.29. The summed E-state index contributed by atoms with van der Waals surface area (Å²) in [6.45, 7) is 4.30. The van der Waals surface area contributed by atoms with Gasteiger partial charge in [0.1, 0.15) is 0 Å². The van der Waals surface area contributed by atoms with Crippen LogP contribution in [0, 0.1) is 6.92 Å². The van der Waals surface area contributed by atoms with Gasteiger partial charge in [0.25, 0.3) is 15.0 Å². The van der Waals surface area contributed by atoms with E-state index >= 15 is 0 Å². The quantitative estimate of drug-likeness (QED) is 0.862. The molecule has 116 valence electrons. The summed E-state index contributed by atoms with van der Waals surface area (Å²) in [5.41, 5.74) is 1.03. The van der Waals surface area contributed by atoms with Gasteiger partial charge in [0, 0.05) is 28.9 Å². The average Bonchev–Trinajstić information content (AvgIpc) is 2.37. The van der Waals surface area contributed by atoms with Crippen molar-refractivity contribution in [3.05, 3.63) is 29.3 Å². The molecular formula is C14H18ClNO4S. The fourth-order valence-electron chi connectivity index (χ4n) is 2.43. The molecule has 1 saturated heterocycles. The van der Waals surface area contributed by atoms with Crippen molar-refractivity contribution < 1.29 is 17.9 Å². The van der Waals surface area contributed by atoms with Crippen molar-refractivity contribution >= 4 is 25.6 Å². The molecule has 1 aromatic carbocycles. The van der Waals surface area contributed by atoms with Crippen molar-refractivity contribution in [2.45, 2.75) is 43.7 Å². The van der Waals surface area contributed by atoms with Crippen molar-refractivity contribution in [3.63, 3.8) is 0 Å². The Morgan fingerprint density at radius 2 is 2.14 bits per heavy atom. The van der Waals surface area contributed by atoms with E-state index in [2.05, 4.69) is 5.32 Å². The van der Waals surface area contributed by atoms with E-state index in [4.69, 9.17) is 15.4 Å². The highest BCUT2D eigenvalue weighted by Crippen LogP contribution is 2.20. The Morgan fingerprint density at radius 3 is 2.71 bits per heavy atom. The van der Waals surface area contributed by atoms with E-state index in [9.17, 15) is 13.2 Å². The Morgan fingerprint density at radius 1 is 1.43 bits per heavy atom. The first kappa shape index (κ1) is 16.3. The maximum atomic E-state index is 12.3. The monoisotopic (exact) mass is 331 g/mol.